The van der Waals surface area contributed by atoms with Gasteiger partial charge in [-0.25, -0.2) is 4.98 Å². The zero-order chi connectivity index (χ0) is 12.8. The van der Waals surface area contributed by atoms with Crippen LogP contribution in [0.2, 0.25) is 0 Å². The van der Waals surface area contributed by atoms with E-state index in [2.05, 4.69) is 56.1 Å². The normalized spacial score (nSPS) is 12.2. The molecule has 0 aliphatic rings. The van der Waals surface area contributed by atoms with Gasteiger partial charge in [0.2, 0.25) is 0 Å². The molecule has 2 aromatic heterocycles. The van der Waals surface area contributed by atoms with Crippen molar-refractivity contribution in [1.82, 2.24) is 9.97 Å². The summed E-state index contributed by atoms with van der Waals surface area (Å²) in [7, 11) is 0. The summed E-state index contributed by atoms with van der Waals surface area (Å²) in [5.41, 5.74) is 3.15. The highest BCUT2D eigenvalue weighted by Gasteiger charge is 2.16. The molecule has 0 saturated heterocycles. The number of aromatic nitrogens is 2. The second-order valence-electron chi connectivity index (χ2n) is 5.66. The van der Waals surface area contributed by atoms with Crippen LogP contribution in [0, 0.1) is 0 Å². The molecule has 0 fully saturated rings. The van der Waals surface area contributed by atoms with Gasteiger partial charge < -0.3 is 0 Å². The van der Waals surface area contributed by atoms with Gasteiger partial charge in [0.15, 0.2) is 0 Å². The van der Waals surface area contributed by atoms with Gasteiger partial charge in [-0.15, -0.1) is 0 Å². The second-order valence-corrected chi connectivity index (χ2v) is 5.66. The molecular weight excluding hydrogens is 220 g/mol. The van der Waals surface area contributed by atoms with Crippen molar-refractivity contribution in [3.63, 3.8) is 0 Å². The lowest BCUT2D eigenvalue weighted by molar-refractivity contribution is 0.571. The first-order valence-electron chi connectivity index (χ1n) is 6.21. The fraction of sp³-hybridized carbons (Fsp3) is 0.250. The molecular formula is C16H16N2. The molecule has 0 saturated carbocycles. The van der Waals surface area contributed by atoms with E-state index in [1.165, 1.54) is 0 Å². The molecule has 18 heavy (non-hydrogen) atoms. The van der Waals surface area contributed by atoms with Crippen LogP contribution in [-0.2, 0) is 5.41 Å². The minimum absolute atomic E-state index is 0.0606. The van der Waals surface area contributed by atoms with Gasteiger partial charge in [-0.1, -0.05) is 45.0 Å². The van der Waals surface area contributed by atoms with Crippen LogP contribution >= 0.6 is 0 Å². The summed E-state index contributed by atoms with van der Waals surface area (Å²) in [6, 6.07) is 12.5. The van der Waals surface area contributed by atoms with Crippen LogP contribution < -0.4 is 0 Å². The van der Waals surface area contributed by atoms with E-state index >= 15 is 0 Å². The van der Waals surface area contributed by atoms with Gasteiger partial charge in [-0.3, -0.25) is 4.98 Å². The lowest BCUT2D eigenvalue weighted by atomic mass is 9.91. The first-order valence-corrected chi connectivity index (χ1v) is 6.21. The molecule has 0 radical (unpaired) electrons. The zero-order valence-electron chi connectivity index (χ0n) is 10.9. The van der Waals surface area contributed by atoms with Gasteiger partial charge in [-0.2, -0.15) is 0 Å². The van der Waals surface area contributed by atoms with Crippen molar-refractivity contribution in [2.45, 2.75) is 26.2 Å². The van der Waals surface area contributed by atoms with Crippen LogP contribution in [0.3, 0.4) is 0 Å². The first-order chi connectivity index (χ1) is 8.55. The highest BCUT2D eigenvalue weighted by Crippen LogP contribution is 2.26. The molecule has 2 nitrogen and oxygen atoms in total. The third-order valence-electron chi connectivity index (χ3n) is 3.20. The largest absolute Gasteiger partial charge is 0.254 e. The minimum Gasteiger partial charge on any atom is -0.254 e. The molecule has 0 bridgehead atoms. The van der Waals surface area contributed by atoms with Crippen molar-refractivity contribution in [3.05, 3.63) is 48.3 Å². The van der Waals surface area contributed by atoms with Crippen molar-refractivity contribution < 1.29 is 0 Å². The molecule has 0 atom stereocenters. The number of nitrogens with zero attached hydrogens (tertiary/aromatic N) is 2. The predicted octanol–water partition coefficient (Wildman–Crippen LogP) is 4.08. The van der Waals surface area contributed by atoms with Crippen LogP contribution in [0.1, 0.15) is 26.5 Å². The Balaban J connectivity index is 2.40. The van der Waals surface area contributed by atoms with Crippen molar-refractivity contribution in [3.8, 4) is 0 Å². The molecule has 1 aromatic carbocycles. The molecule has 3 aromatic rings. The summed E-state index contributed by atoms with van der Waals surface area (Å²) < 4.78 is 0. The smallest absolute Gasteiger partial charge is 0.0968 e. The summed E-state index contributed by atoms with van der Waals surface area (Å²) in [6.07, 6.45) is 1.83. The third-order valence-corrected chi connectivity index (χ3v) is 3.20. The first kappa shape index (κ1) is 11.1. The molecule has 0 spiro atoms. The van der Waals surface area contributed by atoms with E-state index in [0.29, 0.717) is 0 Å². The Labute approximate surface area is 107 Å². The van der Waals surface area contributed by atoms with Crippen LogP contribution in [0.15, 0.2) is 42.6 Å². The van der Waals surface area contributed by atoms with Crippen molar-refractivity contribution in [2.24, 2.45) is 0 Å². The van der Waals surface area contributed by atoms with Gasteiger partial charge in [0, 0.05) is 28.1 Å². The Kier molecular flexibility index (Phi) is 2.34. The predicted molar refractivity (Wildman–Crippen MR) is 75.7 cm³/mol. The Morgan fingerprint density at radius 2 is 1.50 bits per heavy atom. The zero-order valence-corrected chi connectivity index (χ0v) is 10.9. The Hall–Kier alpha value is -1.96. The molecule has 0 N–H and O–H groups in total. The monoisotopic (exact) mass is 236 g/mol. The molecule has 0 unspecified atom stereocenters. The van der Waals surface area contributed by atoms with E-state index in [1.54, 1.807) is 0 Å². The Morgan fingerprint density at radius 3 is 2.22 bits per heavy atom. The maximum absolute atomic E-state index is 4.81. The van der Waals surface area contributed by atoms with Gasteiger partial charge >= 0.3 is 0 Å². The summed E-state index contributed by atoms with van der Waals surface area (Å²) >= 11 is 0. The van der Waals surface area contributed by atoms with E-state index in [0.717, 1.165) is 27.5 Å². The van der Waals surface area contributed by atoms with Crippen molar-refractivity contribution in [2.75, 3.05) is 0 Å². The minimum atomic E-state index is 0.0606. The Morgan fingerprint density at radius 1 is 0.833 bits per heavy atom. The van der Waals surface area contributed by atoms with E-state index in [-0.39, 0.29) is 5.41 Å². The van der Waals surface area contributed by atoms with Gasteiger partial charge in [-0.05, 0) is 12.1 Å². The number of hydrogen-bond donors (Lipinski definition) is 0. The molecule has 0 amide bonds. The van der Waals surface area contributed by atoms with E-state index in [9.17, 15) is 0 Å². The number of rotatable bonds is 0. The molecule has 90 valence electrons. The fourth-order valence-electron chi connectivity index (χ4n) is 2.14. The topological polar surface area (TPSA) is 25.8 Å². The highest BCUT2D eigenvalue weighted by molar-refractivity contribution is 6.02. The lowest BCUT2D eigenvalue weighted by Gasteiger charge is -2.18. The molecule has 0 aliphatic heterocycles. The van der Waals surface area contributed by atoms with Crippen molar-refractivity contribution in [1.29, 1.82) is 0 Å². The average Bonchev–Trinajstić information content (AvgIpc) is 2.37. The second kappa shape index (κ2) is 3.77. The number of fused-ring (bicyclic) bond motifs is 3. The molecule has 2 heteroatoms. The summed E-state index contributed by atoms with van der Waals surface area (Å²) in [5, 5.41) is 2.29. The van der Waals surface area contributed by atoms with Crippen LogP contribution in [0.4, 0.5) is 0 Å². The van der Waals surface area contributed by atoms with Gasteiger partial charge in [0.25, 0.3) is 0 Å². The SMILES string of the molecule is CC(C)(C)c1ccc2ccc3cccnc3c2n1. The Bertz CT molecular complexity index is 724. The summed E-state index contributed by atoms with van der Waals surface area (Å²) in [6.45, 7) is 6.54. The summed E-state index contributed by atoms with van der Waals surface area (Å²) in [5.74, 6) is 0. The van der Waals surface area contributed by atoms with E-state index < -0.39 is 0 Å². The van der Waals surface area contributed by atoms with Gasteiger partial charge in [0.1, 0.15) is 0 Å². The highest BCUT2D eigenvalue weighted by atomic mass is 14.8. The molecule has 3 rings (SSSR count). The lowest BCUT2D eigenvalue weighted by Crippen LogP contribution is -2.13. The average molecular weight is 236 g/mol. The number of hydrogen-bond acceptors (Lipinski definition) is 2. The van der Waals surface area contributed by atoms with Crippen molar-refractivity contribution >= 4 is 21.8 Å². The number of benzene rings is 1. The van der Waals surface area contributed by atoms with Gasteiger partial charge in [0.05, 0.1) is 11.0 Å². The standard InChI is InChI=1S/C16H16N2/c1-16(2,3)13-9-8-12-7-6-11-5-4-10-17-14(11)15(12)18-13/h4-10H,1-3H3. The maximum Gasteiger partial charge on any atom is 0.0968 e. The van der Waals surface area contributed by atoms with Crippen LogP contribution in [-0.4, -0.2) is 9.97 Å². The number of pyridine rings is 2. The molecule has 2 heterocycles. The quantitative estimate of drug-likeness (QED) is 0.550. The van der Waals surface area contributed by atoms with Crippen LogP contribution in [0.25, 0.3) is 21.8 Å². The van der Waals surface area contributed by atoms with E-state index in [4.69, 9.17) is 4.98 Å². The molecule has 0 aliphatic carbocycles. The fourth-order valence-corrected chi connectivity index (χ4v) is 2.14. The summed E-state index contributed by atoms with van der Waals surface area (Å²) in [4.78, 5) is 9.28. The van der Waals surface area contributed by atoms with Crippen LogP contribution in [0.5, 0.6) is 0 Å². The third kappa shape index (κ3) is 1.74. The van der Waals surface area contributed by atoms with E-state index in [1.807, 2.05) is 12.3 Å². The maximum atomic E-state index is 4.81.